The average molecular weight is 373 g/mol. The molecule has 1 N–H and O–H groups in total. The average Bonchev–Trinajstić information content (AvgIpc) is 2.89. The highest BCUT2D eigenvalue weighted by atomic mass is 79.9. The summed E-state index contributed by atoms with van der Waals surface area (Å²) >= 11 is 9.25. The van der Waals surface area contributed by atoms with Crippen molar-refractivity contribution in [3.05, 3.63) is 45.7 Å². The van der Waals surface area contributed by atoms with E-state index in [1.165, 1.54) is 7.11 Å². The molecule has 1 aromatic heterocycles. The van der Waals surface area contributed by atoms with Crippen molar-refractivity contribution in [2.45, 2.75) is 13.0 Å². The van der Waals surface area contributed by atoms with Crippen molar-refractivity contribution in [2.75, 3.05) is 13.7 Å². The van der Waals surface area contributed by atoms with Crippen LogP contribution in [0.2, 0.25) is 5.02 Å². The van der Waals surface area contributed by atoms with Crippen LogP contribution in [-0.4, -0.2) is 29.3 Å². The molecule has 0 aliphatic heterocycles. The lowest BCUT2D eigenvalue weighted by molar-refractivity contribution is 0.0949. The number of carbonyl (C=O) groups excluding carboxylic acids is 1. The molecule has 112 valence electrons. The van der Waals surface area contributed by atoms with Crippen molar-refractivity contribution in [3.8, 4) is 5.75 Å². The summed E-state index contributed by atoms with van der Waals surface area (Å²) < 4.78 is 7.92. The topological polar surface area (TPSA) is 56.1 Å². The van der Waals surface area contributed by atoms with Crippen molar-refractivity contribution < 1.29 is 9.53 Å². The van der Waals surface area contributed by atoms with Crippen molar-refractivity contribution in [2.24, 2.45) is 0 Å². The molecule has 21 heavy (non-hydrogen) atoms. The zero-order valence-corrected chi connectivity index (χ0v) is 13.8. The molecule has 1 heterocycles. The number of aromatic nitrogens is 2. The van der Waals surface area contributed by atoms with Crippen molar-refractivity contribution in [1.29, 1.82) is 0 Å². The lowest BCUT2D eigenvalue weighted by Gasteiger charge is -2.09. The highest BCUT2D eigenvalue weighted by Crippen LogP contribution is 2.22. The molecule has 1 aromatic carbocycles. The van der Waals surface area contributed by atoms with Gasteiger partial charge >= 0.3 is 0 Å². The summed E-state index contributed by atoms with van der Waals surface area (Å²) in [6.07, 6.45) is 4.40. The van der Waals surface area contributed by atoms with Gasteiger partial charge in [-0.25, -0.2) is 0 Å². The van der Waals surface area contributed by atoms with Crippen LogP contribution in [0.3, 0.4) is 0 Å². The number of hydrogen-bond donors (Lipinski definition) is 1. The fourth-order valence-corrected chi connectivity index (χ4v) is 2.36. The number of halogens is 2. The molecule has 0 saturated carbocycles. The maximum absolute atomic E-state index is 12.1. The number of benzene rings is 1. The minimum Gasteiger partial charge on any atom is -0.496 e. The normalized spacial score (nSPS) is 10.4. The first-order valence-electron chi connectivity index (χ1n) is 6.40. The number of carbonyl (C=O) groups is 1. The summed E-state index contributed by atoms with van der Waals surface area (Å²) in [6, 6.07) is 4.96. The molecule has 0 aliphatic rings. The van der Waals surface area contributed by atoms with Crippen molar-refractivity contribution in [3.63, 3.8) is 0 Å². The molecule has 0 fully saturated rings. The predicted octanol–water partition coefficient (Wildman–Crippen LogP) is 3.13. The second-order valence-corrected chi connectivity index (χ2v) is 5.73. The van der Waals surface area contributed by atoms with E-state index in [0.717, 1.165) is 17.4 Å². The maximum Gasteiger partial charge on any atom is 0.255 e. The molecular weight excluding hydrogens is 358 g/mol. The van der Waals surface area contributed by atoms with Gasteiger partial charge in [-0.2, -0.15) is 5.10 Å². The van der Waals surface area contributed by atoms with Crippen molar-refractivity contribution in [1.82, 2.24) is 15.1 Å². The number of nitrogens with one attached hydrogen (secondary N) is 1. The molecule has 0 radical (unpaired) electrons. The summed E-state index contributed by atoms with van der Waals surface area (Å²) in [5, 5.41) is 7.50. The molecule has 2 aromatic rings. The molecule has 0 spiro atoms. The van der Waals surface area contributed by atoms with Crippen LogP contribution in [0.4, 0.5) is 0 Å². The van der Waals surface area contributed by atoms with Crippen LogP contribution < -0.4 is 10.1 Å². The van der Waals surface area contributed by atoms with Gasteiger partial charge in [-0.3, -0.25) is 9.48 Å². The van der Waals surface area contributed by atoms with Crippen LogP contribution in [0, 0.1) is 0 Å². The van der Waals surface area contributed by atoms with E-state index in [-0.39, 0.29) is 5.91 Å². The Morgan fingerprint density at radius 2 is 2.33 bits per heavy atom. The highest BCUT2D eigenvalue weighted by molar-refractivity contribution is 9.10. The van der Waals surface area contributed by atoms with E-state index >= 15 is 0 Å². The molecule has 0 saturated heterocycles. The summed E-state index contributed by atoms with van der Waals surface area (Å²) in [7, 11) is 1.52. The number of amides is 1. The van der Waals surface area contributed by atoms with Crippen molar-refractivity contribution >= 4 is 33.4 Å². The fraction of sp³-hybridized carbons (Fsp3) is 0.286. The molecule has 7 heteroatoms. The molecule has 2 rings (SSSR count). The number of rotatable bonds is 6. The number of hydrogen-bond acceptors (Lipinski definition) is 3. The Morgan fingerprint density at radius 1 is 1.52 bits per heavy atom. The summed E-state index contributed by atoms with van der Waals surface area (Å²) in [5.41, 5.74) is 0.437. The van der Waals surface area contributed by atoms with Gasteiger partial charge in [-0.15, -0.1) is 0 Å². The van der Waals surface area contributed by atoms with E-state index in [4.69, 9.17) is 16.3 Å². The third kappa shape index (κ3) is 4.47. The quantitative estimate of drug-likeness (QED) is 0.793. The van der Waals surface area contributed by atoms with Crippen LogP contribution in [0.5, 0.6) is 5.75 Å². The Balaban J connectivity index is 1.85. The monoisotopic (exact) mass is 371 g/mol. The minimum absolute atomic E-state index is 0.198. The van der Waals surface area contributed by atoms with Gasteiger partial charge in [0.25, 0.3) is 5.91 Å². The smallest absolute Gasteiger partial charge is 0.255 e. The summed E-state index contributed by atoms with van der Waals surface area (Å²) in [4.78, 5) is 12.1. The standard InChI is InChI=1S/C14H15BrClN3O2/c1-21-13-4-3-11(16)7-12(13)14(20)17-5-2-6-19-9-10(15)8-18-19/h3-4,7-9H,2,5-6H2,1H3,(H,17,20). The highest BCUT2D eigenvalue weighted by Gasteiger charge is 2.12. The van der Waals surface area contributed by atoms with Gasteiger partial charge in [0.15, 0.2) is 0 Å². The zero-order valence-electron chi connectivity index (χ0n) is 11.5. The molecule has 1 amide bonds. The lowest BCUT2D eigenvalue weighted by Crippen LogP contribution is -2.25. The van der Waals surface area contributed by atoms with E-state index < -0.39 is 0 Å². The SMILES string of the molecule is COc1ccc(Cl)cc1C(=O)NCCCn1cc(Br)cn1. The van der Waals surface area contributed by atoms with Crippen LogP contribution in [0.25, 0.3) is 0 Å². The Labute approximate surface area is 136 Å². The van der Waals surface area contributed by atoms with Crippen LogP contribution >= 0.6 is 27.5 Å². The van der Waals surface area contributed by atoms with E-state index in [1.807, 2.05) is 10.9 Å². The number of aryl methyl sites for hydroxylation is 1. The number of methoxy groups -OCH3 is 1. The van der Waals surface area contributed by atoms with E-state index in [9.17, 15) is 4.79 Å². The number of nitrogens with zero attached hydrogens (tertiary/aromatic N) is 2. The largest absolute Gasteiger partial charge is 0.496 e. The summed E-state index contributed by atoms with van der Waals surface area (Å²) in [6.45, 7) is 1.28. The van der Waals surface area contributed by atoms with Crippen LogP contribution in [0.1, 0.15) is 16.8 Å². The van der Waals surface area contributed by atoms with Gasteiger partial charge in [0.2, 0.25) is 0 Å². The summed E-state index contributed by atoms with van der Waals surface area (Å²) in [5.74, 6) is 0.309. The predicted molar refractivity (Wildman–Crippen MR) is 84.9 cm³/mol. The van der Waals surface area contributed by atoms with Gasteiger partial charge < -0.3 is 10.1 Å². The fourth-order valence-electron chi connectivity index (χ4n) is 1.86. The Hall–Kier alpha value is -1.53. The second kappa shape index (κ2) is 7.47. The van der Waals surface area contributed by atoms with Gasteiger partial charge in [0.05, 0.1) is 23.3 Å². The van der Waals surface area contributed by atoms with Gasteiger partial charge in [-0.1, -0.05) is 11.6 Å². The third-order valence-corrected chi connectivity index (χ3v) is 3.50. The van der Waals surface area contributed by atoms with Crippen LogP contribution in [0.15, 0.2) is 35.1 Å². The zero-order chi connectivity index (χ0) is 15.2. The first-order chi connectivity index (χ1) is 10.1. The first kappa shape index (κ1) is 15.9. The van der Waals surface area contributed by atoms with E-state index in [2.05, 4.69) is 26.3 Å². The molecule has 0 aliphatic carbocycles. The Morgan fingerprint density at radius 3 is 3.00 bits per heavy atom. The molecule has 5 nitrogen and oxygen atoms in total. The van der Waals surface area contributed by atoms with Gasteiger partial charge in [0.1, 0.15) is 5.75 Å². The van der Waals surface area contributed by atoms with E-state index in [1.54, 1.807) is 24.4 Å². The molecule has 0 bridgehead atoms. The second-order valence-electron chi connectivity index (χ2n) is 4.38. The first-order valence-corrected chi connectivity index (χ1v) is 7.57. The van der Waals surface area contributed by atoms with E-state index in [0.29, 0.717) is 22.9 Å². The molecule has 0 unspecified atom stereocenters. The van der Waals surface area contributed by atoms with Crippen LogP contribution in [-0.2, 0) is 6.54 Å². The van der Waals surface area contributed by atoms with Gasteiger partial charge in [-0.05, 0) is 40.5 Å². The third-order valence-electron chi connectivity index (χ3n) is 2.86. The maximum atomic E-state index is 12.1. The lowest BCUT2D eigenvalue weighted by atomic mass is 10.2. The Bertz CT molecular complexity index is 630. The Kier molecular flexibility index (Phi) is 5.64. The molecule has 0 atom stereocenters. The minimum atomic E-state index is -0.198. The number of ether oxygens (including phenoxy) is 1. The molecular formula is C14H15BrClN3O2. The van der Waals surface area contributed by atoms with Gasteiger partial charge in [0, 0.05) is 24.3 Å².